The first-order valence-corrected chi connectivity index (χ1v) is 5.33. The molecule has 0 saturated carbocycles. The zero-order valence-corrected chi connectivity index (χ0v) is 10.3. The molecule has 0 aliphatic heterocycles. The van der Waals surface area contributed by atoms with Crippen molar-refractivity contribution >= 4 is 29.4 Å². The van der Waals surface area contributed by atoms with E-state index in [1.54, 1.807) is 18.2 Å². The summed E-state index contributed by atoms with van der Waals surface area (Å²) >= 11 is 5.79. The molecule has 2 amide bonds. The van der Waals surface area contributed by atoms with Gasteiger partial charge in [0.25, 0.3) is 5.91 Å². The van der Waals surface area contributed by atoms with E-state index < -0.39 is 24.2 Å². The van der Waals surface area contributed by atoms with Crippen LogP contribution < -0.4 is 10.9 Å². The predicted molar refractivity (Wildman–Crippen MR) is 63.7 cm³/mol. The zero-order valence-electron chi connectivity index (χ0n) is 9.53. The van der Waals surface area contributed by atoms with Gasteiger partial charge in [-0.05, 0) is 12.1 Å². The van der Waals surface area contributed by atoms with Gasteiger partial charge < -0.3 is 4.74 Å². The van der Waals surface area contributed by atoms with Gasteiger partial charge in [-0.1, -0.05) is 23.7 Å². The van der Waals surface area contributed by atoms with Crippen LogP contribution in [0.15, 0.2) is 24.3 Å². The normalized spacial score (nSPS) is 9.44. The van der Waals surface area contributed by atoms with Gasteiger partial charge in [0.05, 0.1) is 17.7 Å². The second kappa shape index (κ2) is 6.61. The summed E-state index contributed by atoms with van der Waals surface area (Å²) in [4.78, 5) is 33.5. The van der Waals surface area contributed by atoms with E-state index in [0.717, 1.165) is 7.11 Å². The number of hydrazine groups is 1. The lowest BCUT2D eigenvalue weighted by Crippen LogP contribution is -2.42. The van der Waals surface area contributed by atoms with E-state index in [0.29, 0.717) is 0 Å². The number of hydrogen-bond acceptors (Lipinski definition) is 4. The topological polar surface area (TPSA) is 84.5 Å². The van der Waals surface area contributed by atoms with Crippen molar-refractivity contribution in [2.45, 2.75) is 6.42 Å². The third-order valence-electron chi connectivity index (χ3n) is 1.97. The molecule has 0 aliphatic carbocycles. The first kappa shape index (κ1) is 14.0. The van der Waals surface area contributed by atoms with Crippen LogP contribution in [-0.4, -0.2) is 24.9 Å². The van der Waals surface area contributed by atoms with E-state index in [2.05, 4.69) is 15.6 Å². The number of carbonyl (C=O) groups is 3. The van der Waals surface area contributed by atoms with Gasteiger partial charge in [-0.15, -0.1) is 0 Å². The summed E-state index contributed by atoms with van der Waals surface area (Å²) in [6.07, 6.45) is -0.473. The van der Waals surface area contributed by atoms with Gasteiger partial charge in [0, 0.05) is 0 Å². The Morgan fingerprint density at radius 1 is 1.22 bits per heavy atom. The average molecular weight is 271 g/mol. The van der Waals surface area contributed by atoms with Crippen molar-refractivity contribution < 1.29 is 19.1 Å². The van der Waals surface area contributed by atoms with Crippen LogP contribution >= 0.6 is 11.6 Å². The van der Waals surface area contributed by atoms with E-state index in [4.69, 9.17) is 11.6 Å². The summed E-state index contributed by atoms with van der Waals surface area (Å²) < 4.78 is 4.30. The van der Waals surface area contributed by atoms with Gasteiger partial charge in [-0.25, -0.2) is 0 Å². The predicted octanol–water partition coefficient (Wildman–Crippen LogP) is 0.664. The van der Waals surface area contributed by atoms with Crippen LogP contribution in [0.25, 0.3) is 0 Å². The highest BCUT2D eigenvalue weighted by Crippen LogP contribution is 2.13. The standard InChI is InChI=1S/C11H11ClN2O4/c1-18-10(16)6-9(15)13-14-11(17)7-4-2-3-5-8(7)12/h2-5H,6H2,1H3,(H,13,15)(H,14,17). The summed E-state index contributed by atoms with van der Waals surface area (Å²) in [6, 6.07) is 6.36. The Labute approximate surface area is 108 Å². The molecule has 1 aromatic rings. The van der Waals surface area contributed by atoms with Gasteiger partial charge in [0.15, 0.2) is 0 Å². The van der Waals surface area contributed by atoms with E-state index in [1.165, 1.54) is 6.07 Å². The Morgan fingerprint density at radius 3 is 2.50 bits per heavy atom. The lowest BCUT2D eigenvalue weighted by atomic mass is 10.2. The average Bonchev–Trinajstić information content (AvgIpc) is 2.36. The highest BCUT2D eigenvalue weighted by molar-refractivity contribution is 6.33. The molecular formula is C11H11ClN2O4. The molecule has 0 unspecified atom stereocenters. The monoisotopic (exact) mass is 270 g/mol. The molecular weight excluding hydrogens is 260 g/mol. The Hall–Kier alpha value is -2.08. The smallest absolute Gasteiger partial charge is 0.315 e. The van der Waals surface area contributed by atoms with Crippen LogP contribution in [0, 0.1) is 0 Å². The molecule has 1 aromatic carbocycles. The molecule has 0 fully saturated rings. The van der Waals surface area contributed by atoms with Gasteiger partial charge in [-0.3, -0.25) is 25.2 Å². The first-order chi connectivity index (χ1) is 8.54. The van der Waals surface area contributed by atoms with Crippen molar-refractivity contribution in [3.8, 4) is 0 Å². The molecule has 6 nitrogen and oxygen atoms in total. The lowest BCUT2D eigenvalue weighted by molar-refractivity contribution is -0.144. The van der Waals surface area contributed by atoms with Crippen LogP contribution in [-0.2, 0) is 14.3 Å². The number of amides is 2. The van der Waals surface area contributed by atoms with Gasteiger partial charge in [0.1, 0.15) is 6.42 Å². The summed E-state index contributed by atoms with van der Waals surface area (Å²) in [7, 11) is 1.16. The maximum atomic E-state index is 11.6. The Morgan fingerprint density at radius 2 is 1.89 bits per heavy atom. The van der Waals surface area contributed by atoms with Crippen molar-refractivity contribution in [1.82, 2.24) is 10.9 Å². The maximum Gasteiger partial charge on any atom is 0.315 e. The molecule has 0 heterocycles. The maximum absolute atomic E-state index is 11.6. The number of benzene rings is 1. The van der Waals surface area contributed by atoms with Crippen molar-refractivity contribution in [2.75, 3.05) is 7.11 Å². The zero-order chi connectivity index (χ0) is 13.5. The molecule has 18 heavy (non-hydrogen) atoms. The minimum atomic E-state index is -0.695. The van der Waals surface area contributed by atoms with Gasteiger partial charge in [-0.2, -0.15) is 0 Å². The molecule has 0 spiro atoms. The third kappa shape index (κ3) is 4.06. The molecule has 2 N–H and O–H groups in total. The molecule has 0 bridgehead atoms. The molecule has 0 saturated heterocycles. The number of ether oxygens (including phenoxy) is 1. The molecule has 0 atom stereocenters. The second-order valence-corrected chi connectivity index (χ2v) is 3.64. The SMILES string of the molecule is COC(=O)CC(=O)NNC(=O)c1ccccc1Cl. The summed E-state index contributed by atoms with van der Waals surface area (Å²) in [5, 5.41) is 0.261. The Balaban J connectivity index is 2.50. The first-order valence-electron chi connectivity index (χ1n) is 4.95. The molecule has 0 aliphatic rings. The number of halogens is 1. The number of nitrogens with one attached hydrogen (secondary N) is 2. The fourth-order valence-electron chi connectivity index (χ4n) is 1.09. The summed E-state index contributed by atoms with van der Waals surface area (Å²) in [5.74, 6) is -1.94. The highest BCUT2D eigenvalue weighted by Gasteiger charge is 2.12. The second-order valence-electron chi connectivity index (χ2n) is 3.24. The number of carbonyl (C=O) groups excluding carboxylic acids is 3. The quantitative estimate of drug-likeness (QED) is 0.480. The highest BCUT2D eigenvalue weighted by atomic mass is 35.5. The Bertz CT molecular complexity index is 476. The third-order valence-corrected chi connectivity index (χ3v) is 2.30. The van der Waals surface area contributed by atoms with Crippen LogP contribution in [0.3, 0.4) is 0 Å². The molecule has 0 radical (unpaired) electrons. The Kier molecular flexibility index (Phi) is 5.13. The fraction of sp³-hybridized carbons (Fsp3) is 0.182. The van der Waals surface area contributed by atoms with Crippen molar-refractivity contribution in [1.29, 1.82) is 0 Å². The summed E-state index contributed by atoms with van der Waals surface area (Å²) in [6.45, 7) is 0. The van der Waals surface area contributed by atoms with Crippen LogP contribution in [0.4, 0.5) is 0 Å². The van der Waals surface area contributed by atoms with Crippen LogP contribution in [0.1, 0.15) is 16.8 Å². The number of rotatable bonds is 3. The molecule has 7 heteroatoms. The van der Waals surface area contributed by atoms with E-state index in [1.807, 2.05) is 0 Å². The molecule has 1 rings (SSSR count). The van der Waals surface area contributed by atoms with Crippen molar-refractivity contribution in [3.05, 3.63) is 34.9 Å². The van der Waals surface area contributed by atoms with E-state index in [-0.39, 0.29) is 10.6 Å². The van der Waals surface area contributed by atoms with Crippen molar-refractivity contribution in [3.63, 3.8) is 0 Å². The van der Waals surface area contributed by atoms with Gasteiger partial charge in [0.2, 0.25) is 5.91 Å². The van der Waals surface area contributed by atoms with E-state index >= 15 is 0 Å². The van der Waals surface area contributed by atoms with Crippen LogP contribution in [0.5, 0.6) is 0 Å². The number of methoxy groups -OCH3 is 1. The van der Waals surface area contributed by atoms with Crippen molar-refractivity contribution in [2.24, 2.45) is 0 Å². The summed E-state index contributed by atoms with van der Waals surface area (Å²) in [5.41, 5.74) is 4.43. The van der Waals surface area contributed by atoms with Crippen LogP contribution in [0.2, 0.25) is 5.02 Å². The molecule has 0 aromatic heterocycles. The van der Waals surface area contributed by atoms with Gasteiger partial charge >= 0.3 is 5.97 Å². The minimum absolute atomic E-state index is 0.220. The number of esters is 1. The lowest BCUT2D eigenvalue weighted by Gasteiger charge is -2.07. The number of hydrogen-bond donors (Lipinski definition) is 2. The largest absolute Gasteiger partial charge is 0.469 e. The fourth-order valence-corrected chi connectivity index (χ4v) is 1.31. The van der Waals surface area contributed by atoms with E-state index in [9.17, 15) is 14.4 Å². The molecule has 96 valence electrons. The minimum Gasteiger partial charge on any atom is -0.469 e.